The smallest absolute Gasteiger partial charge is 0.409 e. The molecule has 4 rings (SSSR count). The molecule has 0 radical (unpaired) electrons. The first-order chi connectivity index (χ1) is 16.6. The Morgan fingerprint density at radius 2 is 2.09 bits per heavy atom. The highest BCUT2D eigenvalue weighted by Crippen LogP contribution is 2.32. The third kappa shape index (κ3) is 5.27. The Kier molecular flexibility index (Phi) is 6.75. The van der Waals surface area contributed by atoms with Crippen molar-refractivity contribution < 1.29 is 27.9 Å². The van der Waals surface area contributed by atoms with Gasteiger partial charge >= 0.3 is 6.09 Å². The molecule has 3 aromatic rings. The zero-order valence-corrected chi connectivity index (χ0v) is 19.8. The Labute approximate surface area is 204 Å². The summed E-state index contributed by atoms with van der Waals surface area (Å²) in [5.74, 6) is -1.34. The summed E-state index contributed by atoms with van der Waals surface area (Å²) >= 11 is 5.74. The Hall–Kier alpha value is -3.53. The zero-order chi connectivity index (χ0) is 25.3. The summed E-state index contributed by atoms with van der Waals surface area (Å²) < 4.78 is 35.8. The van der Waals surface area contributed by atoms with Gasteiger partial charge in [0.2, 0.25) is 5.91 Å². The number of nitrogens with one attached hydrogen (secondary N) is 1. The minimum absolute atomic E-state index is 0.0836. The normalized spacial score (nSPS) is 19.7. The summed E-state index contributed by atoms with van der Waals surface area (Å²) in [6.07, 6.45) is 2.34. The summed E-state index contributed by atoms with van der Waals surface area (Å²) in [7, 11) is 0. The summed E-state index contributed by atoms with van der Waals surface area (Å²) in [4.78, 5) is 42.7. The highest BCUT2D eigenvalue weighted by Gasteiger charge is 2.45. The van der Waals surface area contributed by atoms with Gasteiger partial charge in [0, 0.05) is 48.1 Å². The number of hydrogen-bond donors (Lipinski definition) is 1. The van der Waals surface area contributed by atoms with Crippen molar-refractivity contribution in [1.29, 1.82) is 0 Å². The van der Waals surface area contributed by atoms with Crippen LogP contribution in [0.15, 0.2) is 42.9 Å². The molecule has 0 aliphatic carbocycles. The van der Waals surface area contributed by atoms with Gasteiger partial charge in [-0.05, 0) is 26.0 Å². The quantitative estimate of drug-likeness (QED) is 0.507. The number of nitrogens with zero attached hydrogens (tertiary/aromatic N) is 3. The average molecular weight is 505 g/mol. The number of rotatable bonds is 6. The van der Waals surface area contributed by atoms with Gasteiger partial charge in [-0.3, -0.25) is 14.6 Å². The number of alkyl carbamates (subject to hydrolysis) is 1. The number of benzene rings is 1. The van der Waals surface area contributed by atoms with Crippen molar-refractivity contribution in [3.05, 3.63) is 64.8 Å². The molecule has 0 spiro atoms. The number of likely N-dealkylation sites (tertiary alicyclic amines) is 1. The minimum Gasteiger partial charge on any atom is -0.425 e. The molecule has 8 nitrogen and oxygen atoms in total. The predicted octanol–water partition coefficient (Wildman–Crippen LogP) is 4.24. The van der Waals surface area contributed by atoms with E-state index in [0.29, 0.717) is 16.5 Å². The highest BCUT2D eigenvalue weighted by atomic mass is 35.5. The average Bonchev–Trinajstić information content (AvgIpc) is 3.31. The van der Waals surface area contributed by atoms with Crippen LogP contribution in [0.3, 0.4) is 0 Å². The number of aromatic nitrogens is 2. The van der Waals surface area contributed by atoms with E-state index in [4.69, 9.17) is 16.3 Å². The predicted molar refractivity (Wildman–Crippen MR) is 124 cm³/mol. The van der Waals surface area contributed by atoms with Crippen LogP contribution in [-0.4, -0.2) is 50.7 Å². The lowest BCUT2D eigenvalue weighted by Crippen LogP contribution is -2.42. The van der Waals surface area contributed by atoms with Crippen LogP contribution in [0.4, 0.5) is 13.6 Å². The van der Waals surface area contributed by atoms with Crippen molar-refractivity contribution in [3.8, 4) is 0 Å². The van der Waals surface area contributed by atoms with E-state index in [1.807, 2.05) is 0 Å². The summed E-state index contributed by atoms with van der Waals surface area (Å²) in [6, 6.07) is 6.05. The number of hydrogen-bond acceptors (Lipinski definition) is 5. The monoisotopic (exact) mass is 504 g/mol. The maximum Gasteiger partial charge on any atom is 0.409 e. The van der Waals surface area contributed by atoms with Gasteiger partial charge in [0.05, 0.1) is 17.1 Å². The van der Waals surface area contributed by atoms with Crippen LogP contribution in [0.2, 0.25) is 5.02 Å². The lowest BCUT2D eigenvalue weighted by atomic mass is 10.1. The Morgan fingerprint density at radius 3 is 2.83 bits per heavy atom. The number of pyridine rings is 1. The Morgan fingerprint density at radius 1 is 1.31 bits per heavy atom. The fourth-order valence-corrected chi connectivity index (χ4v) is 4.35. The maximum atomic E-state index is 14.8. The lowest BCUT2D eigenvalue weighted by molar-refractivity contribution is -0.138. The first-order valence-corrected chi connectivity index (χ1v) is 11.2. The van der Waals surface area contributed by atoms with Crippen LogP contribution < -0.4 is 5.32 Å². The van der Waals surface area contributed by atoms with Crippen LogP contribution in [0.1, 0.15) is 36.2 Å². The van der Waals surface area contributed by atoms with E-state index in [9.17, 15) is 23.2 Å². The molecule has 11 heteroatoms. The van der Waals surface area contributed by atoms with Crippen molar-refractivity contribution in [1.82, 2.24) is 19.8 Å². The second kappa shape index (κ2) is 9.61. The minimum atomic E-state index is -1.77. The maximum absolute atomic E-state index is 14.8. The number of ketones is 1. The van der Waals surface area contributed by atoms with Gasteiger partial charge in [-0.15, -0.1) is 0 Å². The van der Waals surface area contributed by atoms with Crippen LogP contribution >= 0.6 is 11.6 Å². The van der Waals surface area contributed by atoms with Gasteiger partial charge in [0.15, 0.2) is 12.0 Å². The molecule has 2 atom stereocenters. The number of Topliss-reactive ketones (excluding diaryl/α,β-unsaturated/α-hetero) is 1. The van der Waals surface area contributed by atoms with Crippen molar-refractivity contribution >= 4 is 40.3 Å². The molecule has 3 heterocycles. The van der Waals surface area contributed by atoms with Crippen molar-refractivity contribution in [3.63, 3.8) is 0 Å². The number of carbonyl (C=O) groups is 3. The summed E-state index contributed by atoms with van der Waals surface area (Å²) in [6.45, 7) is 2.07. The molecule has 2 amide bonds. The van der Waals surface area contributed by atoms with Gasteiger partial charge in [-0.2, -0.15) is 0 Å². The largest absolute Gasteiger partial charge is 0.425 e. The molecule has 2 aromatic heterocycles. The second-order valence-corrected chi connectivity index (χ2v) is 9.09. The fourth-order valence-electron chi connectivity index (χ4n) is 4.16. The van der Waals surface area contributed by atoms with E-state index in [1.165, 1.54) is 32.0 Å². The molecule has 35 heavy (non-hydrogen) atoms. The van der Waals surface area contributed by atoms with Gasteiger partial charge in [-0.1, -0.05) is 23.7 Å². The van der Waals surface area contributed by atoms with E-state index >= 15 is 0 Å². The van der Waals surface area contributed by atoms with Gasteiger partial charge in [0.1, 0.15) is 18.0 Å². The molecule has 0 saturated carbocycles. The van der Waals surface area contributed by atoms with Crippen LogP contribution in [0.25, 0.3) is 10.9 Å². The van der Waals surface area contributed by atoms with Gasteiger partial charge < -0.3 is 19.5 Å². The second-order valence-electron chi connectivity index (χ2n) is 8.69. The van der Waals surface area contributed by atoms with Gasteiger partial charge in [-0.25, -0.2) is 13.6 Å². The van der Waals surface area contributed by atoms with E-state index in [0.717, 1.165) is 4.90 Å². The molecule has 1 aromatic carbocycles. The molecule has 1 aliphatic rings. The Balaban J connectivity index is 1.47. The summed E-state index contributed by atoms with van der Waals surface area (Å²) in [5.41, 5.74) is -0.579. The third-order valence-corrected chi connectivity index (χ3v) is 6.13. The molecule has 1 N–H and O–H groups in total. The zero-order valence-electron chi connectivity index (χ0n) is 19.1. The summed E-state index contributed by atoms with van der Waals surface area (Å²) in [5, 5.41) is 2.92. The number of carbonyl (C=O) groups excluding carboxylic acids is 3. The van der Waals surface area contributed by atoms with E-state index < -0.39 is 29.7 Å². The number of fused-ring (bicyclic) bond motifs is 1. The van der Waals surface area contributed by atoms with Crippen molar-refractivity contribution in [2.75, 3.05) is 6.54 Å². The van der Waals surface area contributed by atoms with E-state index in [2.05, 4.69) is 10.3 Å². The molecule has 0 unspecified atom stereocenters. The van der Waals surface area contributed by atoms with Crippen LogP contribution in [-0.2, 0) is 22.6 Å². The molecular formula is C24H23ClF2N4O4. The highest BCUT2D eigenvalue weighted by molar-refractivity contribution is 6.30. The van der Waals surface area contributed by atoms with E-state index in [1.54, 1.807) is 29.2 Å². The van der Waals surface area contributed by atoms with Crippen LogP contribution in [0.5, 0.6) is 0 Å². The number of alkyl halides is 1. The first-order valence-electron chi connectivity index (χ1n) is 10.9. The SMILES string of the molecule is CC(=O)c1cn(CC(=O)N2C[C@](C)(F)C[C@@H]2OC(=O)NCc2cccc(Cl)c2F)c2ccncc12. The number of amides is 2. The molecular weight excluding hydrogens is 482 g/mol. The molecule has 184 valence electrons. The number of halogens is 3. The van der Waals surface area contributed by atoms with E-state index in [-0.39, 0.29) is 42.4 Å². The molecule has 1 saturated heterocycles. The molecule has 1 aliphatic heterocycles. The molecule has 0 bridgehead atoms. The third-order valence-electron chi connectivity index (χ3n) is 5.83. The van der Waals surface area contributed by atoms with Crippen molar-refractivity contribution in [2.45, 2.75) is 45.3 Å². The van der Waals surface area contributed by atoms with Gasteiger partial charge in [0.25, 0.3) is 0 Å². The lowest BCUT2D eigenvalue weighted by Gasteiger charge is -2.24. The first kappa shape index (κ1) is 24.6. The Bertz CT molecular complexity index is 1310. The molecule has 1 fully saturated rings. The van der Waals surface area contributed by atoms with Crippen molar-refractivity contribution in [2.24, 2.45) is 0 Å². The number of ether oxygens (including phenoxy) is 1. The standard InChI is InChI=1S/C24H23ClF2N4O4/c1-14(32)17-11-30(19-6-7-28-10-16(17)19)12-20(33)31-13-24(2,27)8-21(31)35-23(34)29-9-15-4-3-5-18(25)22(15)26/h3-7,10-11,21H,8-9,12-13H2,1-2H3,(H,29,34)/t21-,24+/m0/s1. The van der Waals surface area contributed by atoms with Crippen LogP contribution in [0, 0.1) is 5.82 Å². The fraction of sp³-hybridized carbons (Fsp3) is 0.333. The topological polar surface area (TPSA) is 93.5 Å².